The van der Waals surface area contributed by atoms with E-state index in [9.17, 15) is 4.79 Å². The fourth-order valence-corrected chi connectivity index (χ4v) is 2.76. The first kappa shape index (κ1) is 19.0. The van der Waals surface area contributed by atoms with E-state index in [2.05, 4.69) is 5.32 Å². The van der Waals surface area contributed by atoms with Crippen LogP contribution in [0.15, 0.2) is 65.1 Å². The summed E-state index contributed by atoms with van der Waals surface area (Å²) in [5.41, 5.74) is 8.04. The minimum Gasteiger partial charge on any atom is -0.461 e. The van der Waals surface area contributed by atoms with E-state index in [0.717, 1.165) is 22.3 Å². The second-order valence-electron chi connectivity index (χ2n) is 6.02. The van der Waals surface area contributed by atoms with Gasteiger partial charge in [0.05, 0.1) is 5.92 Å². The quantitative estimate of drug-likeness (QED) is 0.703. The summed E-state index contributed by atoms with van der Waals surface area (Å²) in [5, 5.41) is 4.03. The van der Waals surface area contributed by atoms with Crippen LogP contribution in [0.2, 0.25) is 0 Å². The van der Waals surface area contributed by atoms with E-state index in [1.54, 1.807) is 0 Å². The van der Waals surface area contributed by atoms with E-state index < -0.39 is 0 Å². The lowest BCUT2D eigenvalue weighted by atomic mass is 9.94. The molecule has 0 saturated heterocycles. The van der Waals surface area contributed by atoms with E-state index in [-0.39, 0.29) is 30.3 Å². The zero-order valence-electron chi connectivity index (χ0n) is 14.1. The zero-order valence-corrected chi connectivity index (χ0v) is 15.0. The molecule has 0 spiro atoms. The van der Waals surface area contributed by atoms with Crippen molar-refractivity contribution in [2.75, 3.05) is 6.54 Å². The van der Waals surface area contributed by atoms with Crippen molar-refractivity contribution in [1.29, 1.82) is 0 Å². The lowest BCUT2D eigenvalue weighted by molar-refractivity contribution is -0.125. The van der Waals surface area contributed by atoms with Crippen LogP contribution in [0.1, 0.15) is 24.3 Å². The molecule has 1 aromatic heterocycles. The summed E-state index contributed by atoms with van der Waals surface area (Å²) >= 11 is 0. The highest BCUT2D eigenvalue weighted by Crippen LogP contribution is 2.20. The topological polar surface area (TPSA) is 68.3 Å². The second-order valence-corrected chi connectivity index (χ2v) is 6.02. The van der Waals surface area contributed by atoms with Crippen molar-refractivity contribution in [3.63, 3.8) is 0 Å². The maximum absolute atomic E-state index is 12.3. The van der Waals surface area contributed by atoms with Crippen LogP contribution in [0.4, 0.5) is 0 Å². The maximum Gasteiger partial charge on any atom is 0.224 e. The number of amides is 1. The summed E-state index contributed by atoms with van der Waals surface area (Å²) in [4.78, 5) is 12.3. The van der Waals surface area contributed by atoms with Gasteiger partial charge in [-0.2, -0.15) is 0 Å². The Hall–Kier alpha value is -2.30. The molecule has 2 atom stereocenters. The first-order valence-electron chi connectivity index (χ1n) is 8.21. The summed E-state index contributed by atoms with van der Waals surface area (Å²) in [6, 6.07) is 19.3. The number of carbonyl (C=O) groups is 1. The van der Waals surface area contributed by atoms with Gasteiger partial charge < -0.3 is 15.5 Å². The van der Waals surface area contributed by atoms with Crippen LogP contribution >= 0.6 is 12.4 Å². The van der Waals surface area contributed by atoms with Gasteiger partial charge in [-0.25, -0.2) is 0 Å². The predicted molar refractivity (Wildman–Crippen MR) is 103 cm³/mol. The van der Waals surface area contributed by atoms with Gasteiger partial charge in [-0.3, -0.25) is 4.79 Å². The molecular weight excluding hydrogens is 336 g/mol. The predicted octanol–water partition coefficient (Wildman–Crippen LogP) is 3.85. The van der Waals surface area contributed by atoms with Gasteiger partial charge in [-0.1, -0.05) is 55.5 Å². The molecule has 0 aliphatic carbocycles. The van der Waals surface area contributed by atoms with Crippen molar-refractivity contribution in [2.24, 2.45) is 11.7 Å². The molecule has 25 heavy (non-hydrogen) atoms. The average Bonchev–Trinajstić information content (AvgIpc) is 3.03. The molecule has 3 N–H and O–H groups in total. The van der Waals surface area contributed by atoms with E-state index in [1.165, 1.54) is 0 Å². The van der Waals surface area contributed by atoms with E-state index in [1.807, 2.05) is 67.6 Å². The van der Waals surface area contributed by atoms with Gasteiger partial charge >= 0.3 is 0 Å². The smallest absolute Gasteiger partial charge is 0.224 e. The average molecular weight is 359 g/mol. The first-order valence-corrected chi connectivity index (χ1v) is 8.21. The Balaban J connectivity index is 0.00000225. The number of rotatable bonds is 6. The van der Waals surface area contributed by atoms with Gasteiger partial charge in [-0.05, 0) is 17.7 Å². The Labute approximate surface area is 153 Å². The van der Waals surface area contributed by atoms with Gasteiger partial charge in [0.15, 0.2) is 0 Å². The zero-order chi connectivity index (χ0) is 16.9. The molecule has 1 amide bonds. The standard InChI is InChI=1S/C20H22N2O2.ClH/c1-14(19(21)15-7-3-2-4-8-15)20(23)22-12-11-17-13-16-9-5-6-10-18(16)24-17;/h2-10,13-14,19H,11-12,21H2,1H3,(H,22,23);1H. The van der Waals surface area contributed by atoms with Crippen LogP contribution in [0.5, 0.6) is 0 Å². The molecule has 1 heterocycles. The van der Waals surface area contributed by atoms with Crippen molar-refractivity contribution < 1.29 is 9.21 Å². The van der Waals surface area contributed by atoms with Crippen molar-refractivity contribution in [3.8, 4) is 0 Å². The van der Waals surface area contributed by atoms with Gasteiger partial charge in [-0.15, -0.1) is 12.4 Å². The number of fused-ring (bicyclic) bond motifs is 1. The highest BCUT2D eigenvalue weighted by atomic mass is 35.5. The second kappa shape index (κ2) is 8.70. The highest BCUT2D eigenvalue weighted by Gasteiger charge is 2.21. The molecule has 2 aromatic carbocycles. The molecule has 0 bridgehead atoms. The number of carbonyl (C=O) groups excluding carboxylic acids is 1. The first-order chi connectivity index (χ1) is 11.6. The van der Waals surface area contributed by atoms with E-state index in [0.29, 0.717) is 13.0 Å². The van der Waals surface area contributed by atoms with Gasteiger partial charge in [0.2, 0.25) is 5.91 Å². The fraction of sp³-hybridized carbons (Fsp3) is 0.250. The van der Waals surface area contributed by atoms with Gasteiger partial charge in [0.25, 0.3) is 0 Å². The molecule has 5 heteroatoms. The van der Waals surface area contributed by atoms with Gasteiger partial charge in [0.1, 0.15) is 11.3 Å². The SMILES string of the molecule is CC(C(=O)NCCc1cc2ccccc2o1)C(N)c1ccccc1.Cl. The molecular formula is C20H23ClN2O2. The molecule has 2 unspecified atom stereocenters. The minimum absolute atomic E-state index is 0. The third kappa shape index (κ3) is 4.62. The van der Waals surface area contributed by atoms with Crippen LogP contribution < -0.4 is 11.1 Å². The fourth-order valence-electron chi connectivity index (χ4n) is 2.76. The van der Waals surface area contributed by atoms with Crippen molar-refractivity contribution >= 4 is 29.3 Å². The Morgan fingerprint density at radius 3 is 2.52 bits per heavy atom. The molecule has 132 valence electrons. The summed E-state index contributed by atoms with van der Waals surface area (Å²) < 4.78 is 5.75. The lowest BCUT2D eigenvalue weighted by Gasteiger charge is -2.19. The third-order valence-electron chi connectivity index (χ3n) is 4.28. The Morgan fingerprint density at radius 2 is 1.80 bits per heavy atom. The number of hydrogen-bond acceptors (Lipinski definition) is 3. The molecule has 0 saturated carbocycles. The van der Waals surface area contributed by atoms with E-state index >= 15 is 0 Å². The van der Waals surface area contributed by atoms with Crippen molar-refractivity contribution in [1.82, 2.24) is 5.32 Å². The number of benzene rings is 2. The number of nitrogens with two attached hydrogens (primary N) is 1. The number of para-hydroxylation sites is 1. The third-order valence-corrected chi connectivity index (χ3v) is 4.28. The monoisotopic (exact) mass is 358 g/mol. The lowest BCUT2D eigenvalue weighted by Crippen LogP contribution is -2.36. The summed E-state index contributed by atoms with van der Waals surface area (Å²) in [5.74, 6) is 0.544. The number of furan rings is 1. The number of hydrogen-bond donors (Lipinski definition) is 2. The Bertz CT molecular complexity index is 784. The molecule has 4 nitrogen and oxygen atoms in total. The largest absolute Gasteiger partial charge is 0.461 e. The van der Waals surface area contributed by atoms with Gasteiger partial charge in [0, 0.05) is 24.4 Å². The Kier molecular flexibility index (Phi) is 6.62. The molecule has 3 rings (SSSR count). The molecule has 0 radical (unpaired) electrons. The molecule has 3 aromatic rings. The molecule has 0 aliphatic rings. The van der Waals surface area contributed by atoms with Crippen LogP contribution in [0.25, 0.3) is 11.0 Å². The summed E-state index contributed by atoms with van der Waals surface area (Å²) in [6.07, 6.45) is 0.660. The van der Waals surface area contributed by atoms with Crippen LogP contribution in [0.3, 0.4) is 0 Å². The number of halogens is 1. The Morgan fingerprint density at radius 1 is 1.12 bits per heavy atom. The van der Waals surface area contributed by atoms with Crippen LogP contribution in [-0.4, -0.2) is 12.5 Å². The minimum atomic E-state index is -0.308. The van der Waals surface area contributed by atoms with Crippen LogP contribution in [0, 0.1) is 5.92 Å². The van der Waals surface area contributed by atoms with E-state index in [4.69, 9.17) is 10.2 Å². The number of nitrogens with one attached hydrogen (secondary N) is 1. The molecule has 0 fully saturated rings. The van der Waals surface area contributed by atoms with Crippen molar-refractivity contribution in [2.45, 2.75) is 19.4 Å². The highest BCUT2D eigenvalue weighted by molar-refractivity contribution is 5.85. The van der Waals surface area contributed by atoms with Crippen molar-refractivity contribution in [3.05, 3.63) is 72.0 Å². The molecule has 0 aliphatic heterocycles. The van der Waals surface area contributed by atoms with Crippen LogP contribution in [-0.2, 0) is 11.2 Å². The maximum atomic E-state index is 12.3. The normalized spacial score (nSPS) is 13.0. The summed E-state index contributed by atoms with van der Waals surface area (Å²) in [6.45, 7) is 2.39. The summed E-state index contributed by atoms with van der Waals surface area (Å²) in [7, 11) is 0.